The Labute approximate surface area is 122 Å². The molecule has 0 radical (unpaired) electrons. The molecule has 0 atom stereocenters. The van der Waals surface area contributed by atoms with Crippen LogP contribution in [0.3, 0.4) is 0 Å². The number of halogens is 1. The van der Waals surface area contributed by atoms with Crippen LogP contribution < -0.4 is 10.6 Å². The minimum Gasteiger partial charge on any atom is -0.392 e. The molecular formula is C16H17FN2O2. The van der Waals surface area contributed by atoms with Crippen molar-refractivity contribution < 1.29 is 14.3 Å². The van der Waals surface area contributed by atoms with Crippen LogP contribution in [0.15, 0.2) is 48.5 Å². The molecule has 2 amide bonds. The minimum atomic E-state index is -0.313. The summed E-state index contributed by atoms with van der Waals surface area (Å²) in [6.45, 7) is 0.606. The van der Waals surface area contributed by atoms with Crippen molar-refractivity contribution in [1.82, 2.24) is 10.6 Å². The van der Waals surface area contributed by atoms with E-state index in [1.54, 1.807) is 12.1 Å². The third-order valence-corrected chi connectivity index (χ3v) is 3.09. The highest BCUT2D eigenvalue weighted by Crippen LogP contribution is 2.08. The van der Waals surface area contributed by atoms with Gasteiger partial charge in [0, 0.05) is 13.1 Å². The Balaban J connectivity index is 1.81. The SMILES string of the molecule is O=C(NCc1ccc(F)cc1)NCc1ccccc1CO. The third-order valence-electron chi connectivity index (χ3n) is 3.09. The number of hydrogen-bond acceptors (Lipinski definition) is 2. The maximum Gasteiger partial charge on any atom is 0.315 e. The standard InChI is InChI=1S/C16H17FN2O2/c17-15-7-5-12(6-8-15)9-18-16(21)19-10-13-3-1-2-4-14(13)11-20/h1-8,20H,9-11H2,(H2,18,19,21). The Bertz CT molecular complexity index is 599. The van der Waals surface area contributed by atoms with Gasteiger partial charge in [-0.1, -0.05) is 36.4 Å². The molecule has 0 fully saturated rings. The summed E-state index contributed by atoms with van der Waals surface area (Å²) >= 11 is 0. The predicted octanol–water partition coefficient (Wildman–Crippen LogP) is 2.32. The zero-order valence-corrected chi connectivity index (χ0v) is 11.5. The van der Waals surface area contributed by atoms with Crippen molar-refractivity contribution in [3.63, 3.8) is 0 Å². The zero-order chi connectivity index (χ0) is 15.1. The average Bonchev–Trinajstić information content (AvgIpc) is 2.52. The van der Waals surface area contributed by atoms with Gasteiger partial charge in [0.25, 0.3) is 0 Å². The highest BCUT2D eigenvalue weighted by atomic mass is 19.1. The van der Waals surface area contributed by atoms with Crippen molar-refractivity contribution in [1.29, 1.82) is 0 Å². The molecule has 0 aliphatic rings. The summed E-state index contributed by atoms with van der Waals surface area (Å²) in [4.78, 5) is 11.7. The third kappa shape index (κ3) is 4.57. The highest BCUT2D eigenvalue weighted by molar-refractivity contribution is 5.73. The molecule has 0 heterocycles. The molecule has 0 spiro atoms. The van der Waals surface area contributed by atoms with Gasteiger partial charge in [-0.2, -0.15) is 0 Å². The number of rotatable bonds is 5. The molecule has 0 aromatic heterocycles. The Morgan fingerprint density at radius 1 is 0.952 bits per heavy atom. The van der Waals surface area contributed by atoms with E-state index in [0.717, 1.165) is 16.7 Å². The van der Waals surface area contributed by atoms with E-state index in [0.29, 0.717) is 13.1 Å². The smallest absolute Gasteiger partial charge is 0.315 e. The van der Waals surface area contributed by atoms with Crippen LogP contribution in [0.2, 0.25) is 0 Å². The lowest BCUT2D eigenvalue weighted by Gasteiger charge is -2.10. The van der Waals surface area contributed by atoms with Gasteiger partial charge in [0.1, 0.15) is 5.82 Å². The lowest BCUT2D eigenvalue weighted by molar-refractivity contribution is 0.240. The molecular weight excluding hydrogens is 271 g/mol. The van der Waals surface area contributed by atoms with E-state index in [4.69, 9.17) is 0 Å². The lowest BCUT2D eigenvalue weighted by atomic mass is 10.1. The molecule has 3 N–H and O–H groups in total. The van der Waals surface area contributed by atoms with Crippen molar-refractivity contribution in [3.05, 3.63) is 71.0 Å². The molecule has 0 aliphatic carbocycles. The first-order valence-corrected chi connectivity index (χ1v) is 6.63. The fourth-order valence-electron chi connectivity index (χ4n) is 1.91. The van der Waals surface area contributed by atoms with E-state index in [1.807, 2.05) is 24.3 Å². The quantitative estimate of drug-likeness (QED) is 0.790. The van der Waals surface area contributed by atoms with E-state index in [-0.39, 0.29) is 18.5 Å². The number of carbonyl (C=O) groups is 1. The Morgan fingerprint density at radius 2 is 1.57 bits per heavy atom. The van der Waals surface area contributed by atoms with E-state index in [9.17, 15) is 14.3 Å². The van der Waals surface area contributed by atoms with E-state index >= 15 is 0 Å². The molecule has 0 aliphatic heterocycles. The van der Waals surface area contributed by atoms with Crippen LogP contribution in [0.25, 0.3) is 0 Å². The summed E-state index contributed by atoms with van der Waals surface area (Å²) in [5, 5.41) is 14.6. The number of carbonyl (C=O) groups excluding carboxylic acids is 1. The maximum absolute atomic E-state index is 12.7. The number of nitrogens with one attached hydrogen (secondary N) is 2. The molecule has 2 rings (SSSR count). The van der Waals surface area contributed by atoms with Crippen LogP contribution in [0.1, 0.15) is 16.7 Å². The first-order chi connectivity index (χ1) is 10.2. The van der Waals surface area contributed by atoms with Crippen LogP contribution in [0.4, 0.5) is 9.18 Å². The molecule has 0 bridgehead atoms. The highest BCUT2D eigenvalue weighted by Gasteiger charge is 2.04. The van der Waals surface area contributed by atoms with Crippen LogP contribution in [-0.4, -0.2) is 11.1 Å². The van der Waals surface area contributed by atoms with Gasteiger partial charge in [0.15, 0.2) is 0 Å². The fraction of sp³-hybridized carbons (Fsp3) is 0.188. The number of aliphatic hydroxyl groups excluding tert-OH is 1. The summed E-state index contributed by atoms with van der Waals surface area (Å²) in [6, 6.07) is 13.0. The summed E-state index contributed by atoms with van der Waals surface area (Å²) in [7, 11) is 0. The van der Waals surface area contributed by atoms with Gasteiger partial charge in [-0.25, -0.2) is 9.18 Å². The number of amides is 2. The molecule has 0 unspecified atom stereocenters. The Morgan fingerprint density at radius 3 is 2.24 bits per heavy atom. The van der Waals surface area contributed by atoms with E-state index in [2.05, 4.69) is 10.6 Å². The Hall–Kier alpha value is -2.40. The topological polar surface area (TPSA) is 61.4 Å². The zero-order valence-electron chi connectivity index (χ0n) is 11.5. The molecule has 2 aromatic carbocycles. The van der Waals surface area contributed by atoms with Crippen molar-refractivity contribution in [2.45, 2.75) is 19.7 Å². The van der Waals surface area contributed by atoms with Gasteiger partial charge in [-0.15, -0.1) is 0 Å². The molecule has 2 aromatic rings. The second kappa shape index (κ2) is 7.40. The van der Waals surface area contributed by atoms with Crippen molar-refractivity contribution in [3.8, 4) is 0 Å². The second-order valence-corrected chi connectivity index (χ2v) is 4.59. The van der Waals surface area contributed by atoms with Crippen molar-refractivity contribution in [2.24, 2.45) is 0 Å². The van der Waals surface area contributed by atoms with Gasteiger partial charge in [-0.3, -0.25) is 0 Å². The second-order valence-electron chi connectivity index (χ2n) is 4.59. The van der Waals surface area contributed by atoms with E-state index in [1.165, 1.54) is 12.1 Å². The predicted molar refractivity (Wildman–Crippen MR) is 77.8 cm³/mol. The van der Waals surface area contributed by atoms with Gasteiger partial charge < -0.3 is 15.7 Å². The van der Waals surface area contributed by atoms with Crippen LogP contribution in [0.5, 0.6) is 0 Å². The summed E-state index contributed by atoms with van der Waals surface area (Å²) < 4.78 is 12.7. The van der Waals surface area contributed by atoms with Gasteiger partial charge in [0.05, 0.1) is 6.61 Å². The van der Waals surface area contributed by atoms with Gasteiger partial charge in [-0.05, 0) is 28.8 Å². The molecule has 4 nitrogen and oxygen atoms in total. The summed E-state index contributed by atoms with van der Waals surface area (Å²) in [5.41, 5.74) is 2.48. The van der Waals surface area contributed by atoms with Crippen LogP contribution in [0, 0.1) is 5.82 Å². The average molecular weight is 288 g/mol. The maximum atomic E-state index is 12.7. The molecule has 5 heteroatoms. The molecule has 0 saturated heterocycles. The number of aliphatic hydroxyl groups is 1. The molecule has 110 valence electrons. The summed E-state index contributed by atoms with van der Waals surface area (Å²) in [5.74, 6) is -0.302. The number of benzene rings is 2. The normalized spacial score (nSPS) is 10.2. The monoisotopic (exact) mass is 288 g/mol. The van der Waals surface area contributed by atoms with Crippen molar-refractivity contribution in [2.75, 3.05) is 0 Å². The first kappa shape index (κ1) is 15.0. The van der Waals surface area contributed by atoms with Crippen LogP contribution >= 0.6 is 0 Å². The molecule has 21 heavy (non-hydrogen) atoms. The van der Waals surface area contributed by atoms with Crippen molar-refractivity contribution >= 4 is 6.03 Å². The van der Waals surface area contributed by atoms with Crippen LogP contribution in [-0.2, 0) is 19.7 Å². The Kier molecular flexibility index (Phi) is 5.29. The summed E-state index contributed by atoms with van der Waals surface area (Å²) in [6.07, 6.45) is 0. The lowest BCUT2D eigenvalue weighted by Crippen LogP contribution is -2.34. The van der Waals surface area contributed by atoms with E-state index < -0.39 is 0 Å². The largest absolute Gasteiger partial charge is 0.392 e. The first-order valence-electron chi connectivity index (χ1n) is 6.63. The van der Waals surface area contributed by atoms with Gasteiger partial charge >= 0.3 is 6.03 Å². The number of urea groups is 1. The number of hydrogen-bond donors (Lipinski definition) is 3. The molecule has 0 saturated carbocycles. The fourth-order valence-corrected chi connectivity index (χ4v) is 1.91. The minimum absolute atomic E-state index is 0.0605. The van der Waals surface area contributed by atoms with Gasteiger partial charge in [0.2, 0.25) is 0 Å².